The van der Waals surface area contributed by atoms with E-state index in [2.05, 4.69) is 24.4 Å². The molecule has 1 amide bonds. The van der Waals surface area contributed by atoms with Gasteiger partial charge in [-0.2, -0.15) is 0 Å². The van der Waals surface area contributed by atoms with E-state index in [1.807, 2.05) is 17.0 Å². The van der Waals surface area contributed by atoms with Crippen LogP contribution in [0.25, 0.3) is 0 Å². The largest absolute Gasteiger partial charge is 0.337 e. The van der Waals surface area contributed by atoms with E-state index in [4.69, 9.17) is 0 Å². The van der Waals surface area contributed by atoms with Crippen molar-refractivity contribution in [3.8, 4) is 0 Å². The van der Waals surface area contributed by atoms with E-state index in [1.54, 1.807) is 0 Å². The number of carbonyl (C=O) groups excluding carboxylic acids is 1. The third-order valence-corrected chi connectivity index (χ3v) is 3.94. The van der Waals surface area contributed by atoms with Crippen LogP contribution in [0.1, 0.15) is 24.0 Å². The Morgan fingerprint density at radius 1 is 1.39 bits per heavy atom. The monoisotopic (exact) mass is 266 g/mol. The molecule has 4 heteroatoms. The topological polar surface area (TPSA) is 32.3 Å². The van der Waals surface area contributed by atoms with Crippen LogP contribution < -0.4 is 5.32 Å². The third-order valence-electron chi connectivity index (χ3n) is 3.94. The first kappa shape index (κ1) is 13.4. The maximum absolute atomic E-state index is 12.5. The number of amides is 1. The zero-order valence-electron chi connectivity index (χ0n) is 10.6. The molecule has 3 rings (SSSR count). The maximum atomic E-state index is 12.5. The van der Waals surface area contributed by atoms with Crippen LogP contribution in [0.2, 0.25) is 0 Å². The molecule has 0 spiro atoms. The van der Waals surface area contributed by atoms with E-state index < -0.39 is 0 Å². The van der Waals surface area contributed by atoms with Gasteiger partial charge < -0.3 is 10.2 Å². The lowest BCUT2D eigenvalue weighted by molar-refractivity contribution is -0.136. The predicted octanol–water partition coefficient (Wildman–Crippen LogP) is 1.57. The molecule has 1 unspecified atom stereocenters. The summed E-state index contributed by atoms with van der Waals surface area (Å²) in [6.07, 6.45) is 0.922. The Bertz CT molecular complexity index is 449. The first-order valence-corrected chi connectivity index (χ1v) is 6.36. The van der Waals surface area contributed by atoms with Gasteiger partial charge in [-0.25, -0.2) is 0 Å². The highest BCUT2D eigenvalue weighted by molar-refractivity contribution is 5.87. The number of fused-ring (bicyclic) bond motifs is 1. The third kappa shape index (κ3) is 2.13. The molecule has 98 valence electrons. The zero-order valence-corrected chi connectivity index (χ0v) is 11.4. The summed E-state index contributed by atoms with van der Waals surface area (Å²) in [5.74, 6) is 0.435. The number of hydrogen-bond acceptors (Lipinski definition) is 2. The highest BCUT2D eigenvalue weighted by Gasteiger charge is 2.36. The minimum Gasteiger partial charge on any atom is -0.337 e. The highest BCUT2D eigenvalue weighted by Crippen LogP contribution is 2.36. The molecular weight excluding hydrogens is 248 g/mol. The van der Waals surface area contributed by atoms with Gasteiger partial charge in [0, 0.05) is 25.7 Å². The number of halogens is 1. The fourth-order valence-electron chi connectivity index (χ4n) is 2.85. The average molecular weight is 267 g/mol. The number of hydrogen-bond donors (Lipinski definition) is 1. The molecule has 18 heavy (non-hydrogen) atoms. The van der Waals surface area contributed by atoms with Crippen molar-refractivity contribution in [1.82, 2.24) is 10.2 Å². The van der Waals surface area contributed by atoms with E-state index in [-0.39, 0.29) is 18.3 Å². The molecule has 1 aromatic rings. The van der Waals surface area contributed by atoms with Gasteiger partial charge in [0.1, 0.15) is 0 Å². The van der Waals surface area contributed by atoms with Crippen LogP contribution in [0.4, 0.5) is 0 Å². The van der Waals surface area contributed by atoms with Gasteiger partial charge in [0.15, 0.2) is 0 Å². The molecule has 1 aliphatic heterocycles. The van der Waals surface area contributed by atoms with Crippen LogP contribution in [0.5, 0.6) is 0 Å². The maximum Gasteiger partial charge on any atom is 0.230 e. The summed E-state index contributed by atoms with van der Waals surface area (Å²) >= 11 is 0. The summed E-state index contributed by atoms with van der Waals surface area (Å²) in [6, 6.07) is 8.62. The van der Waals surface area contributed by atoms with Crippen molar-refractivity contribution in [3.05, 3.63) is 35.4 Å². The standard InChI is InChI=1S/C14H18N2O.ClH/c1-10-9-15-6-7-16(10)14(17)13-8-11-4-2-3-5-12(11)13;/h2-5,10,13,15H,6-9H2,1H3;1H/t10-,13?;/m1./s1. The number of piperazine rings is 1. The van der Waals surface area contributed by atoms with E-state index in [1.165, 1.54) is 11.1 Å². The molecule has 2 aliphatic rings. The molecule has 1 N–H and O–H groups in total. The van der Waals surface area contributed by atoms with Crippen molar-refractivity contribution >= 4 is 18.3 Å². The summed E-state index contributed by atoms with van der Waals surface area (Å²) in [4.78, 5) is 14.5. The fraction of sp³-hybridized carbons (Fsp3) is 0.500. The SMILES string of the molecule is C[C@@H]1CNCCN1C(=O)C1Cc2ccccc21.Cl. The van der Waals surface area contributed by atoms with Crippen molar-refractivity contribution in [3.63, 3.8) is 0 Å². The minimum atomic E-state index is 0. The van der Waals surface area contributed by atoms with Gasteiger partial charge in [0.2, 0.25) is 5.91 Å². The average Bonchev–Trinajstić information content (AvgIpc) is 2.31. The molecule has 0 radical (unpaired) electrons. The molecule has 1 saturated heterocycles. The Labute approximate surface area is 114 Å². The Kier molecular flexibility index (Phi) is 3.93. The van der Waals surface area contributed by atoms with Crippen LogP contribution in [0.3, 0.4) is 0 Å². The summed E-state index contributed by atoms with van der Waals surface area (Å²) in [5, 5.41) is 3.32. The smallest absolute Gasteiger partial charge is 0.230 e. The summed E-state index contributed by atoms with van der Waals surface area (Å²) < 4.78 is 0. The van der Waals surface area contributed by atoms with Gasteiger partial charge in [-0.3, -0.25) is 4.79 Å². The lowest BCUT2D eigenvalue weighted by Gasteiger charge is -2.39. The second kappa shape index (κ2) is 5.29. The van der Waals surface area contributed by atoms with Crippen LogP contribution in [0, 0.1) is 0 Å². The molecular formula is C14H19ClN2O. The molecule has 1 aliphatic carbocycles. The quantitative estimate of drug-likeness (QED) is 0.837. The van der Waals surface area contributed by atoms with Crippen LogP contribution in [0.15, 0.2) is 24.3 Å². The second-order valence-corrected chi connectivity index (χ2v) is 5.04. The van der Waals surface area contributed by atoms with E-state index in [0.717, 1.165) is 26.1 Å². The lowest BCUT2D eigenvalue weighted by atomic mass is 9.76. The molecule has 1 heterocycles. The first-order chi connectivity index (χ1) is 8.27. The van der Waals surface area contributed by atoms with Gasteiger partial charge in [-0.15, -0.1) is 12.4 Å². The van der Waals surface area contributed by atoms with Crippen molar-refractivity contribution in [2.24, 2.45) is 0 Å². The Hall–Kier alpha value is -1.06. The van der Waals surface area contributed by atoms with Crippen molar-refractivity contribution < 1.29 is 4.79 Å². The van der Waals surface area contributed by atoms with Gasteiger partial charge in [-0.1, -0.05) is 24.3 Å². The molecule has 0 saturated carbocycles. The Morgan fingerprint density at radius 2 is 2.17 bits per heavy atom. The summed E-state index contributed by atoms with van der Waals surface area (Å²) in [7, 11) is 0. The van der Waals surface area contributed by atoms with Crippen LogP contribution in [-0.2, 0) is 11.2 Å². The van der Waals surface area contributed by atoms with Crippen molar-refractivity contribution in [2.45, 2.75) is 25.3 Å². The van der Waals surface area contributed by atoms with Crippen molar-refractivity contribution in [1.29, 1.82) is 0 Å². The van der Waals surface area contributed by atoms with Gasteiger partial charge in [0.05, 0.1) is 5.92 Å². The number of carbonyl (C=O) groups is 1. The normalized spacial score (nSPS) is 25.7. The highest BCUT2D eigenvalue weighted by atomic mass is 35.5. The van der Waals surface area contributed by atoms with E-state index in [0.29, 0.717) is 11.9 Å². The molecule has 0 bridgehead atoms. The molecule has 0 aromatic heterocycles. The summed E-state index contributed by atoms with van der Waals surface area (Å²) in [6.45, 7) is 4.80. The lowest BCUT2D eigenvalue weighted by Crippen LogP contribution is -2.54. The molecule has 1 aromatic carbocycles. The van der Waals surface area contributed by atoms with Crippen molar-refractivity contribution in [2.75, 3.05) is 19.6 Å². The Morgan fingerprint density at radius 3 is 2.89 bits per heavy atom. The summed E-state index contributed by atoms with van der Waals surface area (Å²) in [5.41, 5.74) is 2.58. The minimum absolute atomic E-state index is 0. The van der Waals surface area contributed by atoms with Crippen LogP contribution >= 0.6 is 12.4 Å². The van der Waals surface area contributed by atoms with Crippen LogP contribution in [-0.4, -0.2) is 36.5 Å². The zero-order chi connectivity index (χ0) is 11.8. The van der Waals surface area contributed by atoms with Gasteiger partial charge in [-0.05, 0) is 24.5 Å². The molecule has 2 atom stereocenters. The van der Waals surface area contributed by atoms with Gasteiger partial charge in [0.25, 0.3) is 0 Å². The number of rotatable bonds is 1. The number of nitrogens with zero attached hydrogens (tertiary/aromatic N) is 1. The Balaban J connectivity index is 0.00000120. The number of nitrogens with one attached hydrogen (secondary N) is 1. The second-order valence-electron chi connectivity index (χ2n) is 5.04. The first-order valence-electron chi connectivity index (χ1n) is 6.36. The number of benzene rings is 1. The van der Waals surface area contributed by atoms with Gasteiger partial charge >= 0.3 is 0 Å². The fourth-order valence-corrected chi connectivity index (χ4v) is 2.85. The molecule has 3 nitrogen and oxygen atoms in total. The molecule has 1 fully saturated rings. The van der Waals surface area contributed by atoms with E-state index >= 15 is 0 Å². The predicted molar refractivity (Wildman–Crippen MR) is 74.2 cm³/mol. The van der Waals surface area contributed by atoms with E-state index in [9.17, 15) is 4.79 Å².